The lowest BCUT2D eigenvalue weighted by Gasteiger charge is -2.24. The molecule has 0 fully saturated rings. The number of rotatable bonds is 7. The first-order valence-corrected chi connectivity index (χ1v) is 11.1. The normalized spacial score (nSPS) is 11.5. The molecule has 3 rings (SSSR count). The Hall–Kier alpha value is -2.94. The number of anilines is 1. The Labute approximate surface area is 189 Å². The van der Waals surface area contributed by atoms with Gasteiger partial charge in [-0.1, -0.05) is 53.5 Å². The van der Waals surface area contributed by atoms with Crippen LogP contribution >= 0.6 is 23.2 Å². The van der Waals surface area contributed by atoms with Crippen LogP contribution in [0.15, 0.2) is 82.8 Å². The first kappa shape index (κ1) is 22.7. The van der Waals surface area contributed by atoms with Gasteiger partial charge in [0.1, 0.15) is 12.4 Å². The fourth-order valence-electron chi connectivity index (χ4n) is 2.60. The molecule has 0 radical (unpaired) electrons. The predicted molar refractivity (Wildman–Crippen MR) is 120 cm³/mol. The van der Waals surface area contributed by atoms with Crippen LogP contribution in [0.2, 0.25) is 10.0 Å². The smallest absolute Gasteiger partial charge is 0.264 e. The molecule has 0 unspecified atom stereocenters. The van der Waals surface area contributed by atoms with Crippen molar-refractivity contribution in [3.05, 3.63) is 94.2 Å². The Morgan fingerprint density at radius 1 is 1.03 bits per heavy atom. The second-order valence-electron chi connectivity index (χ2n) is 6.27. The number of sulfonamides is 1. The van der Waals surface area contributed by atoms with E-state index in [0.717, 1.165) is 4.31 Å². The maximum absolute atomic E-state index is 13.2. The lowest BCUT2D eigenvalue weighted by atomic mass is 10.2. The maximum atomic E-state index is 13.2. The number of amides is 1. The summed E-state index contributed by atoms with van der Waals surface area (Å²) in [4.78, 5) is 12.5. The summed E-state index contributed by atoms with van der Waals surface area (Å²) in [5.74, 6) is -1.10. The third-order valence-electron chi connectivity index (χ3n) is 4.07. The van der Waals surface area contributed by atoms with Gasteiger partial charge in [0.05, 0.1) is 21.8 Å². The molecule has 0 saturated carbocycles. The molecule has 3 aromatic rings. The van der Waals surface area contributed by atoms with Gasteiger partial charge < -0.3 is 0 Å². The zero-order chi connectivity index (χ0) is 22.4. The highest BCUT2D eigenvalue weighted by molar-refractivity contribution is 7.92. The van der Waals surface area contributed by atoms with Crippen molar-refractivity contribution in [2.75, 3.05) is 10.8 Å². The van der Waals surface area contributed by atoms with Crippen LogP contribution in [0, 0.1) is 5.82 Å². The van der Waals surface area contributed by atoms with Crippen molar-refractivity contribution < 1.29 is 17.6 Å². The molecule has 31 heavy (non-hydrogen) atoms. The second kappa shape index (κ2) is 9.91. The van der Waals surface area contributed by atoms with E-state index in [1.807, 2.05) is 0 Å². The van der Waals surface area contributed by atoms with Gasteiger partial charge in [0.25, 0.3) is 15.9 Å². The predicted octanol–water partition coefficient (Wildman–Crippen LogP) is 4.48. The van der Waals surface area contributed by atoms with Crippen LogP contribution in [0.3, 0.4) is 0 Å². The van der Waals surface area contributed by atoms with Gasteiger partial charge in [-0.15, -0.1) is 0 Å². The van der Waals surface area contributed by atoms with Crippen LogP contribution in [0.5, 0.6) is 0 Å². The SMILES string of the molecule is O=C(CN(c1ccc(Cl)cc1Cl)S(=O)(=O)c1ccccc1)N/N=C\c1ccc(F)cc1. The van der Waals surface area contributed by atoms with Crippen LogP contribution in [-0.4, -0.2) is 27.1 Å². The molecular weight excluding hydrogens is 464 g/mol. The molecule has 1 amide bonds. The minimum atomic E-state index is -4.12. The van der Waals surface area contributed by atoms with Crippen molar-refractivity contribution in [2.24, 2.45) is 5.10 Å². The number of nitrogens with zero attached hydrogens (tertiary/aromatic N) is 2. The molecule has 6 nitrogen and oxygen atoms in total. The molecule has 0 spiro atoms. The third kappa shape index (κ3) is 5.81. The van der Waals surface area contributed by atoms with Crippen molar-refractivity contribution in [2.45, 2.75) is 4.90 Å². The van der Waals surface area contributed by atoms with E-state index >= 15 is 0 Å². The number of nitrogens with one attached hydrogen (secondary N) is 1. The standard InChI is InChI=1S/C21H16Cl2FN3O3S/c22-16-8-11-20(19(23)12-16)27(31(29,30)18-4-2-1-3-5-18)14-21(28)26-25-13-15-6-9-17(24)10-7-15/h1-13H,14H2,(H,26,28)/b25-13-. The fourth-order valence-corrected chi connectivity index (χ4v) is 4.62. The van der Waals surface area contributed by atoms with Gasteiger partial charge >= 0.3 is 0 Å². The highest BCUT2D eigenvalue weighted by atomic mass is 35.5. The van der Waals surface area contributed by atoms with Crippen LogP contribution in [-0.2, 0) is 14.8 Å². The molecule has 0 heterocycles. The Balaban J connectivity index is 1.86. The van der Waals surface area contributed by atoms with Crippen molar-refractivity contribution >= 4 is 51.0 Å². The Bertz CT molecular complexity index is 1200. The summed E-state index contributed by atoms with van der Waals surface area (Å²) < 4.78 is 40.3. The molecule has 0 bridgehead atoms. The molecule has 0 aromatic heterocycles. The first-order valence-electron chi connectivity index (χ1n) is 8.88. The number of benzene rings is 3. The molecule has 0 aliphatic rings. The average molecular weight is 480 g/mol. The second-order valence-corrected chi connectivity index (χ2v) is 8.97. The van der Waals surface area contributed by atoms with Gasteiger partial charge in [-0.05, 0) is 48.0 Å². The Kier molecular flexibility index (Phi) is 7.27. The van der Waals surface area contributed by atoms with Gasteiger partial charge in [-0.25, -0.2) is 18.2 Å². The zero-order valence-electron chi connectivity index (χ0n) is 15.9. The van der Waals surface area contributed by atoms with Gasteiger partial charge in [-0.2, -0.15) is 5.10 Å². The molecule has 1 N–H and O–H groups in total. The van der Waals surface area contributed by atoms with Crippen LogP contribution < -0.4 is 9.73 Å². The van der Waals surface area contributed by atoms with Crippen molar-refractivity contribution in [3.8, 4) is 0 Å². The van der Waals surface area contributed by atoms with E-state index in [9.17, 15) is 17.6 Å². The summed E-state index contributed by atoms with van der Waals surface area (Å²) >= 11 is 12.1. The van der Waals surface area contributed by atoms with E-state index in [-0.39, 0.29) is 15.6 Å². The first-order chi connectivity index (χ1) is 14.8. The van der Waals surface area contributed by atoms with Gasteiger partial charge in [0, 0.05) is 5.02 Å². The molecule has 160 valence electrons. The van der Waals surface area contributed by atoms with E-state index in [4.69, 9.17) is 23.2 Å². The van der Waals surface area contributed by atoms with E-state index < -0.39 is 28.3 Å². The number of carbonyl (C=O) groups excluding carboxylic acids is 1. The van der Waals surface area contributed by atoms with Crippen LogP contribution in [0.1, 0.15) is 5.56 Å². The topological polar surface area (TPSA) is 78.8 Å². The monoisotopic (exact) mass is 479 g/mol. The number of hydrogen-bond acceptors (Lipinski definition) is 4. The number of halogens is 3. The molecular formula is C21H16Cl2FN3O3S. The summed E-state index contributed by atoms with van der Waals surface area (Å²) in [5, 5.41) is 4.17. The number of carbonyl (C=O) groups is 1. The van der Waals surface area contributed by atoms with E-state index in [1.165, 1.54) is 60.8 Å². The fraction of sp³-hybridized carbons (Fsp3) is 0.0476. The molecule has 0 aliphatic carbocycles. The minimum Gasteiger partial charge on any atom is -0.271 e. The summed E-state index contributed by atoms with van der Waals surface area (Å²) in [6.07, 6.45) is 1.31. The molecule has 10 heteroatoms. The average Bonchev–Trinajstić information content (AvgIpc) is 2.74. The van der Waals surface area contributed by atoms with Gasteiger partial charge in [0.15, 0.2) is 0 Å². The summed E-state index contributed by atoms with van der Waals surface area (Å²) in [6.45, 7) is -0.584. The maximum Gasteiger partial charge on any atom is 0.264 e. The quantitative estimate of drug-likeness (QED) is 0.400. The Morgan fingerprint density at radius 3 is 2.35 bits per heavy atom. The summed E-state index contributed by atoms with van der Waals surface area (Å²) in [6, 6.07) is 17.4. The third-order valence-corrected chi connectivity index (χ3v) is 6.38. The Morgan fingerprint density at radius 2 is 1.71 bits per heavy atom. The van der Waals surface area contributed by atoms with Crippen molar-refractivity contribution in [1.82, 2.24) is 5.43 Å². The zero-order valence-corrected chi connectivity index (χ0v) is 18.2. The largest absolute Gasteiger partial charge is 0.271 e. The molecule has 0 atom stereocenters. The van der Waals surface area contributed by atoms with Crippen LogP contribution in [0.4, 0.5) is 10.1 Å². The van der Waals surface area contributed by atoms with Crippen LogP contribution in [0.25, 0.3) is 0 Å². The lowest BCUT2D eigenvalue weighted by molar-refractivity contribution is -0.119. The highest BCUT2D eigenvalue weighted by Crippen LogP contribution is 2.32. The summed E-state index contributed by atoms with van der Waals surface area (Å²) in [5.41, 5.74) is 2.90. The molecule has 3 aromatic carbocycles. The van der Waals surface area contributed by atoms with Gasteiger partial charge in [-0.3, -0.25) is 9.10 Å². The molecule has 0 saturated heterocycles. The number of hydrogen-bond donors (Lipinski definition) is 1. The lowest BCUT2D eigenvalue weighted by Crippen LogP contribution is -2.39. The minimum absolute atomic E-state index is 0.0105. The molecule has 0 aliphatic heterocycles. The highest BCUT2D eigenvalue weighted by Gasteiger charge is 2.28. The van der Waals surface area contributed by atoms with Gasteiger partial charge in [0.2, 0.25) is 0 Å². The van der Waals surface area contributed by atoms with Crippen molar-refractivity contribution in [1.29, 1.82) is 0 Å². The van der Waals surface area contributed by atoms with E-state index in [0.29, 0.717) is 10.6 Å². The van der Waals surface area contributed by atoms with E-state index in [2.05, 4.69) is 10.5 Å². The van der Waals surface area contributed by atoms with Crippen molar-refractivity contribution in [3.63, 3.8) is 0 Å². The van der Waals surface area contributed by atoms with E-state index in [1.54, 1.807) is 18.2 Å². The summed E-state index contributed by atoms with van der Waals surface area (Å²) in [7, 11) is -4.12. The number of hydrazone groups is 1.